The fraction of sp³-hybridized carbons (Fsp3) is 0.300. The molecule has 1 atom stereocenters. The minimum atomic E-state index is -0.504. The highest BCUT2D eigenvalue weighted by Gasteiger charge is 2.15. The van der Waals surface area contributed by atoms with Gasteiger partial charge >= 0.3 is 5.97 Å². The molecule has 0 spiro atoms. The Balaban J connectivity index is 2.60. The maximum Gasteiger partial charge on any atom is 0.321 e. The molecule has 0 aliphatic carbocycles. The third-order valence-corrected chi connectivity index (χ3v) is 3.05. The van der Waals surface area contributed by atoms with E-state index in [1.165, 1.54) is 13.2 Å². The molecule has 1 N–H and O–H groups in total. The molecule has 0 saturated carbocycles. The molecule has 3 nitrogen and oxygen atoms in total. The molecule has 88 valence electrons. The maximum absolute atomic E-state index is 13.3. The molecule has 0 aliphatic rings. The van der Waals surface area contributed by atoms with E-state index >= 15 is 0 Å². The van der Waals surface area contributed by atoms with Crippen molar-refractivity contribution in [3.63, 3.8) is 0 Å². The van der Waals surface area contributed by atoms with Crippen LogP contribution in [0.4, 0.5) is 10.1 Å². The van der Waals surface area contributed by atoms with Crippen molar-refractivity contribution < 1.29 is 13.9 Å². The summed E-state index contributed by atoms with van der Waals surface area (Å²) in [4.78, 5) is 10.6. The summed E-state index contributed by atoms with van der Waals surface area (Å²) < 4.78 is 18.6. The summed E-state index contributed by atoms with van der Waals surface area (Å²) in [5, 5.41) is 2.82. The van der Waals surface area contributed by atoms with Gasteiger partial charge in [-0.2, -0.15) is 0 Å². The second-order valence-corrected chi connectivity index (χ2v) is 5.02. The van der Waals surface area contributed by atoms with E-state index in [0.29, 0.717) is 5.69 Å². The Kier molecular flexibility index (Phi) is 5.21. The van der Waals surface area contributed by atoms with Crippen molar-refractivity contribution in [2.24, 2.45) is 0 Å². The maximum atomic E-state index is 13.3. The number of halogens is 3. The Morgan fingerprint density at radius 1 is 1.62 bits per heavy atom. The number of anilines is 1. The van der Waals surface area contributed by atoms with Crippen molar-refractivity contribution in [2.45, 2.75) is 4.83 Å². The van der Waals surface area contributed by atoms with Crippen LogP contribution in [-0.4, -0.2) is 24.5 Å². The number of alkyl halides is 1. The third-order valence-electron chi connectivity index (χ3n) is 1.86. The number of benzene rings is 1. The van der Waals surface area contributed by atoms with Gasteiger partial charge in [-0.25, -0.2) is 4.39 Å². The highest BCUT2D eigenvalue weighted by atomic mass is 79.9. The molecule has 6 heteroatoms. The number of esters is 1. The van der Waals surface area contributed by atoms with E-state index < -0.39 is 10.8 Å². The number of rotatable bonds is 4. The predicted octanol–water partition coefficient (Wildman–Crippen LogP) is 2.94. The van der Waals surface area contributed by atoms with Gasteiger partial charge < -0.3 is 10.1 Å². The van der Waals surface area contributed by atoms with Crippen LogP contribution in [0.1, 0.15) is 0 Å². The van der Waals surface area contributed by atoms with E-state index in [9.17, 15) is 9.18 Å². The summed E-state index contributed by atoms with van der Waals surface area (Å²) in [5.74, 6) is -0.768. The van der Waals surface area contributed by atoms with Crippen molar-refractivity contribution in [1.82, 2.24) is 0 Å². The standard InChI is InChI=1S/C10H10Br2FNO2/c1-16-10(15)7(12)5-14-9-4-6(11)2-3-8(9)13/h2-4,7,14H,5H2,1H3. The van der Waals surface area contributed by atoms with Gasteiger partial charge in [0.15, 0.2) is 0 Å². The minimum Gasteiger partial charge on any atom is -0.468 e. The molecule has 0 saturated heterocycles. The van der Waals surface area contributed by atoms with Gasteiger partial charge in [0.25, 0.3) is 0 Å². The number of ether oxygens (including phenoxy) is 1. The Morgan fingerprint density at radius 2 is 2.31 bits per heavy atom. The summed E-state index contributed by atoms with van der Waals surface area (Å²) in [6, 6.07) is 4.55. The molecule has 1 aromatic rings. The van der Waals surface area contributed by atoms with Gasteiger partial charge in [-0.1, -0.05) is 31.9 Å². The van der Waals surface area contributed by atoms with Crippen molar-refractivity contribution in [3.05, 3.63) is 28.5 Å². The molecule has 0 bridgehead atoms. The van der Waals surface area contributed by atoms with Crippen molar-refractivity contribution in [3.8, 4) is 0 Å². The van der Waals surface area contributed by atoms with Crippen molar-refractivity contribution >= 4 is 43.5 Å². The first-order chi connectivity index (χ1) is 7.54. The van der Waals surface area contributed by atoms with Crippen LogP contribution < -0.4 is 5.32 Å². The van der Waals surface area contributed by atoms with E-state index in [1.54, 1.807) is 12.1 Å². The summed E-state index contributed by atoms with van der Waals surface area (Å²) in [6.45, 7) is 0.250. The van der Waals surface area contributed by atoms with Gasteiger partial charge in [0, 0.05) is 11.0 Å². The third kappa shape index (κ3) is 3.75. The van der Waals surface area contributed by atoms with E-state index in [0.717, 1.165) is 4.47 Å². The SMILES string of the molecule is COC(=O)C(Br)CNc1cc(Br)ccc1F. The normalized spacial score (nSPS) is 12.0. The molecule has 0 aromatic heterocycles. The quantitative estimate of drug-likeness (QED) is 0.667. The van der Waals surface area contributed by atoms with E-state index in [2.05, 4.69) is 41.9 Å². The molecular weight excluding hydrogens is 345 g/mol. The highest BCUT2D eigenvalue weighted by Crippen LogP contribution is 2.20. The van der Waals surface area contributed by atoms with Crippen LogP contribution in [0.25, 0.3) is 0 Å². The molecule has 0 radical (unpaired) electrons. The number of carbonyl (C=O) groups excluding carboxylic acids is 1. The number of hydrogen-bond acceptors (Lipinski definition) is 3. The molecule has 1 unspecified atom stereocenters. The first-order valence-electron chi connectivity index (χ1n) is 4.45. The Hall–Kier alpha value is -0.620. The Labute approximate surface area is 110 Å². The predicted molar refractivity (Wildman–Crippen MR) is 67.3 cm³/mol. The Bertz CT molecular complexity index is 387. The molecular formula is C10H10Br2FNO2. The van der Waals surface area contributed by atoms with Gasteiger partial charge in [-0.3, -0.25) is 4.79 Å². The van der Waals surface area contributed by atoms with E-state index in [1.807, 2.05) is 0 Å². The summed E-state index contributed by atoms with van der Waals surface area (Å²) in [6.07, 6.45) is 0. The number of carbonyl (C=O) groups is 1. The summed E-state index contributed by atoms with van der Waals surface area (Å²) in [5.41, 5.74) is 0.336. The van der Waals surface area contributed by atoms with Crippen molar-refractivity contribution in [2.75, 3.05) is 19.0 Å². The van der Waals surface area contributed by atoms with Crippen LogP contribution in [-0.2, 0) is 9.53 Å². The van der Waals surface area contributed by atoms with Gasteiger partial charge in [-0.05, 0) is 18.2 Å². The fourth-order valence-corrected chi connectivity index (χ4v) is 1.75. The lowest BCUT2D eigenvalue weighted by Crippen LogP contribution is -2.24. The second-order valence-electron chi connectivity index (χ2n) is 3.00. The van der Waals surface area contributed by atoms with Gasteiger partial charge in [0.1, 0.15) is 10.6 Å². The van der Waals surface area contributed by atoms with Gasteiger partial charge in [-0.15, -0.1) is 0 Å². The molecule has 16 heavy (non-hydrogen) atoms. The van der Waals surface area contributed by atoms with E-state index in [-0.39, 0.29) is 12.4 Å². The van der Waals surface area contributed by atoms with Crippen LogP contribution >= 0.6 is 31.9 Å². The summed E-state index contributed by atoms with van der Waals surface area (Å²) in [7, 11) is 1.30. The first kappa shape index (κ1) is 13.4. The molecule has 0 heterocycles. The van der Waals surface area contributed by atoms with Crippen LogP contribution in [0.5, 0.6) is 0 Å². The average Bonchev–Trinajstić information content (AvgIpc) is 2.28. The number of hydrogen-bond donors (Lipinski definition) is 1. The topological polar surface area (TPSA) is 38.3 Å². The first-order valence-corrected chi connectivity index (χ1v) is 6.16. The lowest BCUT2D eigenvalue weighted by molar-refractivity contribution is -0.139. The van der Waals surface area contributed by atoms with Gasteiger partial charge in [0.05, 0.1) is 12.8 Å². The molecule has 0 aliphatic heterocycles. The van der Waals surface area contributed by atoms with Crippen LogP contribution in [0.2, 0.25) is 0 Å². The average molecular weight is 355 g/mol. The smallest absolute Gasteiger partial charge is 0.321 e. The number of nitrogens with one attached hydrogen (secondary N) is 1. The molecule has 0 fully saturated rings. The van der Waals surface area contributed by atoms with E-state index in [4.69, 9.17) is 0 Å². The largest absolute Gasteiger partial charge is 0.468 e. The zero-order valence-electron chi connectivity index (χ0n) is 8.47. The van der Waals surface area contributed by atoms with Crippen LogP contribution in [0.3, 0.4) is 0 Å². The second kappa shape index (κ2) is 6.20. The lowest BCUT2D eigenvalue weighted by Gasteiger charge is -2.11. The fourth-order valence-electron chi connectivity index (χ4n) is 1.04. The monoisotopic (exact) mass is 353 g/mol. The molecule has 0 amide bonds. The van der Waals surface area contributed by atoms with Crippen LogP contribution in [0.15, 0.2) is 22.7 Å². The molecule has 1 rings (SSSR count). The van der Waals surface area contributed by atoms with Gasteiger partial charge in [0.2, 0.25) is 0 Å². The number of methoxy groups -OCH3 is 1. The lowest BCUT2D eigenvalue weighted by atomic mass is 10.3. The van der Waals surface area contributed by atoms with Crippen LogP contribution in [0, 0.1) is 5.82 Å². The zero-order valence-corrected chi connectivity index (χ0v) is 11.6. The minimum absolute atomic E-state index is 0.250. The zero-order chi connectivity index (χ0) is 12.1. The molecule has 1 aromatic carbocycles. The summed E-state index contributed by atoms with van der Waals surface area (Å²) >= 11 is 6.37. The van der Waals surface area contributed by atoms with Crippen molar-refractivity contribution in [1.29, 1.82) is 0 Å². The Morgan fingerprint density at radius 3 is 2.94 bits per heavy atom. The highest BCUT2D eigenvalue weighted by molar-refractivity contribution is 9.10.